The lowest BCUT2D eigenvalue weighted by Gasteiger charge is -2.36. The van der Waals surface area contributed by atoms with Gasteiger partial charge >= 0.3 is 0 Å². The van der Waals surface area contributed by atoms with E-state index in [0.717, 1.165) is 48.0 Å². The molecule has 4 nitrogen and oxygen atoms in total. The summed E-state index contributed by atoms with van der Waals surface area (Å²) in [7, 11) is 2.11. The Balaban J connectivity index is 2.05. The number of hydrogen-bond acceptors (Lipinski definition) is 5. The summed E-state index contributed by atoms with van der Waals surface area (Å²) in [6, 6.07) is 0.554. The molecule has 0 atom stereocenters. The molecule has 1 aromatic heterocycles. The average molecular weight is 281 g/mol. The number of thiazole rings is 1. The molecule has 0 N–H and O–H groups in total. The number of piperidine rings is 1. The third-order valence-electron chi connectivity index (χ3n) is 4.01. The van der Waals surface area contributed by atoms with Crippen LogP contribution in [0.1, 0.15) is 42.1 Å². The third-order valence-corrected chi connectivity index (χ3v) is 5.13. The summed E-state index contributed by atoms with van der Waals surface area (Å²) in [5.41, 5.74) is 0.938. The molecular weight excluding hydrogens is 258 g/mol. The quantitative estimate of drug-likeness (QED) is 0.777. The number of rotatable bonds is 5. The summed E-state index contributed by atoms with van der Waals surface area (Å²) < 4.78 is 0. The zero-order valence-electron chi connectivity index (χ0n) is 12.1. The van der Waals surface area contributed by atoms with Crippen LogP contribution in [0.25, 0.3) is 0 Å². The van der Waals surface area contributed by atoms with Gasteiger partial charge in [-0.2, -0.15) is 0 Å². The number of carbonyl (C=O) groups excluding carboxylic acids is 1. The molecule has 0 saturated carbocycles. The molecule has 1 saturated heterocycles. The predicted molar refractivity (Wildman–Crippen MR) is 80.4 cm³/mol. The SMILES string of the molecule is CCc1nc(N(C)C2CCN(CC)CC2)sc1C=O. The van der Waals surface area contributed by atoms with E-state index in [1.165, 1.54) is 24.2 Å². The number of likely N-dealkylation sites (tertiary alicyclic amines) is 1. The molecule has 0 spiro atoms. The first-order valence-corrected chi connectivity index (χ1v) is 7.91. The Bertz CT molecular complexity index is 424. The first-order valence-electron chi connectivity index (χ1n) is 7.09. The number of carbonyl (C=O) groups is 1. The van der Waals surface area contributed by atoms with Gasteiger partial charge in [-0.15, -0.1) is 0 Å². The van der Waals surface area contributed by atoms with Crippen molar-refractivity contribution in [3.63, 3.8) is 0 Å². The molecule has 0 aromatic carbocycles. The highest BCUT2D eigenvalue weighted by molar-refractivity contribution is 7.17. The van der Waals surface area contributed by atoms with Gasteiger partial charge in [0.25, 0.3) is 0 Å². The number of hydrogen-bond donors (Lipinski definition) is 0. The van der Waals surface area contributed by atoms with E-state index in [1.54, 1.807) is 0 Å². The summed E-state index contributed by atoms with van der Waals surface area (Å²) in [5.74, 6) is 0. The van der Waals surface area contributed by atoms with Crippen molar-refractivity contribution in [2.24, 2.45) is 0 Å². The fraction of sp³-hybridized carbons (Fsp3) is 0.714. The van der Waals surface area contributed by atoms with E-state index in [4.69, 9.17) is 0 Å². The van der Waals surface area contributed by atoms with Crippen molar-refractivity contribution < 1.29 is 4.79 Å². The highest BCUT2D eigenvalue weighted by atomic mass is 32.1. The highest BCUT2D eigenvalue weighted by Gasteiger charge is 2.24. The Hall–Kier alpha value is -0.940. The van der Waals surface area contributed by atoms with Crippen LogP contribution < -0.4 is 4.90 Å². The summed E-state index contributed by atoms with van der Waals surface area (Å²) >= 11 is 1.53. The summed E-state index contributed by atoms with van der Waals surface area (Å²) in [4.78, 5) is 21.2. The fourth-order valence-electron chi connectivity index (χ4n) is 2.63. The van der Waals surface area contributed by atoms with Crippen molar-refractivity contribution in [3.8, 4) is 0 Å². The van der Waals surface area contributed by atoms with E-state index in [2.05, 4.69) is 28.8 Å². The van der Waals surface area contributed by atoms with Crippen LogP contribution in [0.2, 0.25) is 0 Å². The predicted octanol–water partition coefficient (Wildman–Crippen LogP) is 2.44. The molecule has 1 aliphatic rings. The van der Waals surface area contributed by atoms with Gasteiger partial charge in [-0.05, 0) is 25.8 Å². The Morgan fingerprint density at radius 3 is 2.58 bits per heavy atom. The minimum Gasteiger partial charge on any atom is -0.348 e. The first kappa shape index (κ1) is 14.5. The third kappa shape index (κ3) is 3.15. The van der Waals surface area contributed by atoms with Gasteiger partial charge in [0.2, 0.25) is 0 Å². The smallest absolute Gasteiger partial charge is 0.186 e. The van der Waals surface area contributed by atoms with E-state index in [-0.39, 0.29) is 0 Å². The molecular formula is C14H23N3OS. The number of aldehydes is 1. The van der Waals surface area contributed by atoms with Crippen LogP contribution in [0, 0.1) is 0 Å². The normalized spacial score (nSPS) is 17.6. The molecule has 2 rings (SSSR count). The largest absolute Gasteiger partial charge is 0.348 e. The maximum absolute atomic E-state index is 11.0. The van der Waals surface area contributed by atoms with Gasteiger partial charge in [-0.3, -0.25) is 4.79 Å². The lowest BCUT2D eigenvalue weighted by Crippen LogP contribution is -2.43. The second-order valence-electron chi connectivity index (χ2n) is 5.06. The van der Waals surface area contributed by atoms with Gasteiger partial charge in [0.1, 0.15) is 0 Å². The van der Waals surface area contributed by atoms with Gasteiger partial charge in [0.05, 0.1) is 10.6 Å². The molecule has 0 radical (unpaired) electrons. The van der Waals surface area contributed by atoms with Crippen molar-refractivity contribution in [2.45, 2.75) is 39.2 Å². The van der Waals surface area contributed by atoms with Crippen LogP contribution in [0.5, 0.6) is 0 Å². The van der Waals surface area contributed by atoms with E-state index in [0.29, 0.717) is 6.04 Å². The molecule has 1 aliphatic heterocycles. The van der Waals surface area contributed by atoms with E-state index < -0.39 is 0 Å². The highest BCUT2D eigenvalue weighted by Crippen LogP contribution is 2.28. The Labute approximate surface area is 119 Å². The van der Waals surface area contributed by atoms with Gasteiger partial charge in [0, 0.05) is 26.2 Å². The van der Waals surface area contributed by atoms with E-state index in [1.807, 2.05) is 6.92 Å². The summed E-state index contributed by atoms with van der Waals surface area (Å²) in [6.45, 7) is 7.74. The summed E-state index contributed by atoms with van der Waals surface area (Å²) in [5, 5.41) is 0.994. The van der Waals surface area contributed by atoms with Crippen LogP contribution in [0.15, 0.2) is 0 Å². The lowest BCUT2D eigenvalue weighted by atomic mass is 10.0. The topological polar surface area (TPSA) is 36.4 Å². The van der Waals surface area contributed by atoms with Crippen LogP contribution in [-0.4, -0.2) is 48.9 Å². The van der Waals surface area contributed by atoms with Crippen molar-refractivity contribution in [2.75, 3.05) is 31.6 Å². The Morgan fingerprint density at radius 2 is 2.11 bits per heavy atom. The van der Waals surface area contributed by atoms with Crippen LogP contribution >= 0.6 is 11.3 Å². The number of aryl methyl sites for hydroxylation is 1. The van der Waals surface area contributed by atoms with E-state index >= 15 is 0 Å². The summed E-state index contributed by atoms with van der Waals surface area (Å²) in [6.07, 6.45) is 4.13. The standard InChI is InChI=1S/C14H23N3OS/c1-4-12-13(10-18)19-14(15-12)16(3)11-6-8-17(5-2)9-7-11/h10-11H,4-9H2,1-3H3. The molecule has 2 heterocycles. The van der Waals surface area contributed by atoms with Gasteiger partial charge in [-0.1, -0.05) is 25.2 Å². The lowest BCUT2D eigenvalue weighted by molar-refractivity contribution is 0.112. The molecule has 0 aliphatic carbocycles. The zero-order chi connectivity index (χ0) is 13.8. The van der Waals surface area contributed by atoms with Crippen LogP contribution in [0.3, 0.4) is 0 Å². The molecule has 106 valence electrons. The van der Waals surface area contributed by atoms with Gasteiger partial charge < -0.3 is 9.80 Å². The van der Waals surface area contributed by atoms with E-state index in [9.17, 15) is 4.79 Å². The minimum atomic E-state index is 0.554. The minimum absolute atomic E-state index is 0.554. The number of aromatic nitrogens is 1. The maximum Gasteiger partial charge on any atom is 0.186 e. The number of nitrogens with zero attached hydrogens (tertiary/aromatic N) is 3. The van der Waals surface area contributed by atoms with Crippen molar-refractivity contribution in [1.29, 1.82) is 0 Å². The molecule has 19 heavy (non-hydrogen) atoms. The maximum atomic E-state index is 11.0. The fourth-order valence-corrected chi connectivity index (χ4v) is 3.63. The zero-order valence-corrected chi connectivity index (χ0v) is 12.9. The monoisotopic (exact) mass is 281 g/mol. The van der Waals surface area contributed by atoms with Gasteiger partial charge in [-0.25, -0.2) is 4.98 Å². The molecule has 1 fully saturated rings. The Morgan fingerprint density at radius 1 is 1.42 bits per heavy atom. The van der Waals surface area contributed by atoms with Crippen molar-refractivity contribution in [1.82, 2.24) is 9.88 Å². The van der Waals surface area contributed by atoms with Gasteiger partial charge in [0.15, 0.2) is 11.4 Å². The molecule has 0 unspecified atom stereocenters. The average Bonchev–Trinajstić information content (AvgIpc) is 2.89. The van der Waals surface area contributed by atoms with Crippen LogP contribution in [-0.2, 0) is 6.42 Å². The second-order valence-corrected chi connectivity index (χ2v) is 6.06. The molecule has 0 amide bonds. The number of anilines is 1. The van der Waals surface area contributed by atoms with Crippen molar-refractivity contribution >= 4 is 22.8 Å². The van der Waals surface area contributed by atoms with Crippen molar-refractivity contribution in [3.05, 3.63) is 10.6 Å². The Kier molecular flexibility index (Phi) is 4.93. The molecule has 0 bridgehead atoms. The van der Waals surface area contributed by atoms with Crippen LogP contribution in [0.4, 0.5) is 5.13 Å². The molecule has 1 aromatic rings. The second kappa shape index (κ2) is 6.48. The molecule has 5 heteroatoms. The first-order chi connectivity index (χ1) is 9.19.